The second-order valence-electron chi connectivity index (χ2n) is 9.93. The average Bonchev–Trinajstić information content (AvgIpc) is 2.62. The van der Waals surface area contributed by atoms with Crippen LogP contribution in [-0.4, -0.2) is 110 Å². The fraction of sp³-hybridized carbons (Fsp3) is 0.783. The molecule has 38 heavy (non-hydrogen) atoms. The van der Waals surface area contributed by atoms with Crippen molar-refractivity contribution in [1.29, 1.82) is 0 Å². The van der Waals surface area contributed by atoms with Crippen molar-refractivity contribution in [1.82, 2.24) is 20.3 Å². The van der Waals surface area contributed by atoms with Crippen molar-refractivity contribution in [3.8, 4) is 0 Å². The summed E-state index contributed by atoms with van der Waals surface area (Å²) in [6.45, 7) is 12.1. The maximum Gasteiger partial charge on any atom is 0.410 e. The first-order chi connectivity index (χ1) is 15.9. The monoisotopic (exact) mass is 684 g/mol. The normalized spacial score (nSPS) is 14.6. The molecule has 13 nitrogen and oxygen atoms in total. The fourth-order valence-electron chi connectivity index (χ4n) is 2.57. The molecule has 0 aliphatic carbocycles. The molecule has 0 spiro atoms. The second kappa shape index (κ2) is 19.4. The third kappa shape index (κ3) is 17.1. The first-order valence-electron chi connectivity index (χ1n) is 11.2. The summed E-state index contributed by atoms with van der Waals surface area (Å²) < 4.78 is 10.3. The predicted octanol–water partition coefficient (Wildman–Crippen LogP) is -0.546. The van der Waals surface area contributed by atoms with E-state index in [0.29, 0.717) is 13.1 Å². The molecule has 2 saturated heterocycles. The van der Waals surface area contributed by atoms with Crippen LogP contribution in [0.3, 0.4) is 0 Å². The predicted molar refractivity (Wildman–Crippen MR) is 140 cm³/mol. The molecule has 0 bridgehead atoms. The molecule has 0 radical (unpaired) electrons. The molecule has 0 aromatic rings. The smallest absolute Gasteiger partial charge is 0.410 e. The first-order valence-corrected chi connectivity index (χ1v) is 11.2. The van der Waals surface area contributed by atoms with Gasteiger partial charge in [-0.05, 0) is 41.5 Å². The largest absolute Gasteiger partial charge is 1.00 e. The lowest BCUT2D eigenvalue weighted by Gasteiger charge is -2.39. The number of carbonyl (C=O) groups excluding carboxylic acids is 3. The molecule has 15 heteroatoms. The molecule has 3 amide bonds. The summed E-state index contributed by atoms with van der Waals surface area (Å²) >= 11 is 0. The Balaban J connectivity index is -0.000000252. The minimum atomic E-state index is -0.857. The molecule has 2 fully saturated rings. The average molecular weight is 685 g/mol. The second-order valence-corrected chi connectivity index (χ2v) is 9.93. The zero-order valence-electron chi connectivity index (χ0n) is 24.3. The highest BCUT2D eigenvalue weighted by Gasteiger charge is 2.39. The molecular formula is C23H46ClIN4O9-2. The van der Waals surface area contributed by atoms with E-state index in [0.717, 1.165) is 0 Å². The van der Waals surface area contributed by atoms with E-state index < -0.39 is 29.2 Å². The molecule has 0 aromatic heterocycles. The van der Waals surface area contributed by atoms with Gasteiger partial charge in [-0.3, -0.25) is 14.4 Å². The minimum absolute atomic E-state index is 0. The summed E-state index contributed by atoms with van der Waals surface area (Å²) in [5.74, 6) is -1.59. The number of amides is 3. The van der Waals surface area contributed by atoms with Gasteiger partial charge in [-0.15, -0.1) is 12.4 Å². The number of carboxylic acids is 1. The molecular weight excluding hydrogens is 639 g/mol. The number of ether oxygens (including phenoxy) is 2. The Hall–Kier alpha value is -1.62. The standard InChI is InChI=1S/C11H20N2O4.C9H15NO4.C2H7NO.CH3.ClH.HI/c1-11(2,3)17-10(15)13-6-8(7-13)9(14)12(4)16-5;1-9(2,3)14-8(13)10-4-6(5-10)7(11)12;1-3-4-2;;;/h8H,6-7H2,1-5H3;6H,4-5H2,1-3H3,(H,11,12);3H,1-2H3;1H3;2*1H/q;;;-1;;/p-1. The number of nitrogens with one attached hydrogen (secondary N) is 1. The van der Waals surface area contributed by atoms with Crippen molar-refractivity contribution in [3.05, 3.63) is 7.43 Å². The van der Waals surface area contributed by atoms with Crippen molar-refractivity contribution in [3.63, 3.8) is 0 Å². The van der Waals surface area contributed by atoms with E-state index in [4.69, 9.17) is 19.4 Å². The van der Waals surface area contributed by atoms with Crippen LogP contribution in [0.15, 0.2) is 0 Å². The van der Waals surface area contributed by atoms with E-state index in [-0.39, 0.29) is 74.8 Å². The third-order valence-electron chi connectivity index (χ3n) is 4.55. The maximum atomic E-state index is 11.6. The van der Waals surface area contributed by atoms with Gasteiger partial charge in [-0.25, -0.2) is 20.1 Å². The van der Waals surface area contributed by atoms with Crippen molar-refractivity contribution >= 4 is 36.5 Å². The Morgan fingerprint density at radius 1 is 0.842 bits per heavy atom. The van der Waals surface area contributed by atoms with Crippen LogP contribution in [0, 0.1) is 19.3 Å². The van der Waals surface area contributed by atoms with Crippen LogP contribution < -0.4 is 29.5 Å². The quantitative estimate of drug-likeness (QED) is 0.225. The number of nitrogens with zero attached hydrogens (tertiary/aromatic N) is 3. The van der Waals surface area contributed by atoms with E-state index in [1.165, 1.54) is 22.0 Å². The molecule has 0 saturated carbocycles. The summed E-state index contributed by atoms with van der Waals surface area (Å²) in [5.41, 5.74) is 1.40. The van der Waals surface area contributed by atoms with Crippen LogP contribution in [0.2, 0.25) is 0 Å². The van der Waals surface area contributed by atoms with E-state index in [9.17, 15) is 19.2 Å². The molecule has 0 atom stereocenters. The number of rotatable bonds is 4. The summed E-state index contributed by atoms with van der Waals surface area (Å²) in [4.78, 5) is 57.0. The van der Waals surface area contributed by atoms with Gasteiger partial charge in [0.05, 0.1) is 26.1 Å². The summed E-state index contributed by atoms with van der Waals surface area (Å²) in [6, 6.07) is 0. The number of hydroxylamine groups is 3. The SMILES string of the molecule is CC(C)(C)OC(=O)N1CC(C(=O)O)C1.CNOC.CON(C)C(=O)C1CN(C(=O)OC(C)(C)C)C1.Cl.[CH3-].[I-]. The van der Waals surface area contributed by atoms with E-state index in [2.05, 4.69) is 10.3 Å². The lowest BCUT2D eigenvalue weighted by Crippen LogP contribution is -3.00. The Bertz CT molecular complexity index is 719. The summed E-state index contributed by atoms with van der Waals surface area (Å²) in [5, 5.41) is 9.76. The van der Waals surface area contributed by atoms with Crippen LogP contribution in [0.5, 0.6) is 0 Å². The van der Waals surface area contributed by atoms with E-state index in [1.54, 1.807) is 42.0 Å². The van der Waals surface area contributed by atoms with Gasteiger partial charge in [0, 0.05) is 40.3 Å². The highest BCUT2D eigenvalue weighted by atomic mass is 127. The number of likely N-dealkylation sites (tertiary alicyclic amines) is 2. The molecule has 2 heterocycles. The summed E-state index contributed by atoms with van der Waals surface area (Å²) in [6.07, 6.45) is -0.809. The molecule has 2 N–H and O–H groups in total. The topological polar surface area (TPSA) is 147 Å². The number of hydrogen-bond donors (Lipinski definition) is 2. The van der Waals surface area contributed by atoms with Crippen LogP contribution in [-0.2, 0) is 28.7 Å². The number of aliphatic carboxylic acids is 1. The highest BCUT2D eigenvalue weighted by Crippen LogP contribution is 2.21. The lowest BCUT2D eigenvalue weighted by atomic mass is 10.00. The Morgan fingerprint density at radius 2 is 1.16 bits per heavy atom. The Kier molecular flexibility index (Phi) is 22.2. The van der Waals surface area contributed by atoms with Crippen LogP contribution in [0.1, 0.15) is 41.5 Å². The van der Waals surface area contributed by atoms with Gasteiger partial charge in [0.2, 0.25) is 0 Å². The molecule has 0 unspecified atom stereocenters. The number of carboxylic acid groups (broad SMARTS) is 1. The lowest BCUT2D eigenvalue weighted by molar-refractivity contribution is -0.178. The van der Waals surface area contributed by atoms with Crippen molar-refractivity contribution in [2.75, 3.05) is 54.5 Å². The maximum absolute atomic E-state index is 11.6. The molecule has 2 aliphatic heterocycles. The highest BCUT2D eigenvalue weighted by molar-refractivity contribution is 5.85. The molecule has 228 valence electrons. The molecule has 0 aromatic carbocycles. The fourth-order valence-corrected chi connectivity index (χ4v) is 2.57. The van der Waals surface area contributed by atoms with E-state index >= 15 is 0 Å². The third-order valence-corrected chi connectivity index (χ3v) is 4.55. The molecule has 2 aliphatic rings. The summed E-state index contributed by atoms with van der Waals surface area (Å²) in [7, 11) is 6.26. The van der Waals surface area contributed by atoms with Gasteiger partial charge in [0.15, 0.2) is 0 Å². The zero-order valence-corrected chi connectivity index (χ0v) is 27.3. The van der Waals surface area contributed by atoms with E-state index in [1.807, 2.05) is 20.8 Å². The zero-order chi connectivity index (χ0) is 27.6. The van der Waals surface area contributed by atoms with Crippen LogP contribution in [0.25, 0.3) is 0 Å². The van der Waals surface area contributed by atoms with Gasteiger partial charge in [0.25, 0.3) is 5.91 Å². The Labute approximate surface area is 250 Å². The van der Waals surface area contributed by atoms with Crippen LogP contribution >= 0.6 is 12.4 Å². The van der Waals surface area contributed by atoms with Crippen molar-refractivity contribution in [2.24, 2.45) is 11.8 Å². The number of carbonyl (C=O) groups is 4. The number of hydrogen-bond acceptors (Lipinski definition) is 9. The van der Waals surface area contributed by atoms with Gasteiger partial charge < -0.3 is 60.6 Å². The van der Waals surface area contributed by atoms with Crippen LogP contribution in [0.4, 0.5) is 9.59 Å². The minimum Gasteiger partial charge on any atom is -1.00 e. The Morgan fingerprint density at radius 3 is 1.39 bits per heavy atom. The van der Waals surface area contributed by atoms with Gasteiger partial charge in [-0.2, -0.15) is 0 Å². The van der Waals surface area contributed by atoms with Gasteiger partial charge in [0.1, 0.15) is 11.2 Å². The van der Waals surface area contributed by atoms with Crippen molar-refractivity contribution < 1.29 is 67.4 Å². The first kappa shape index (κ1) is 43.4. The number of halogens is 2. The molecule has 2 rings (SSSR count). The van der Waals surface area contributed by atoms with Gasteiger partial charge >= 0.3 is 18.2 Å². The van der Waals surface area contributed by atoms with Crippen molar-refractivity contribution in [2.45, 2.75) is 52.7 Å². The van der Waals surface area contributed by atoms with Gasteiger partial charge in [-0.1, -0.05) is 0 Å².